The molecule has 1 unspecified atom stereocenters. The maximum absolute atomic E-state index is 6.04. The molecule has 0 amide bonds. The Labute approximate surface area is 90.0 Å². The van der Waals surface area contributed by atoms with Crippen molar-refractivity contribution in [1.82, 2.24) is 0 Å². The van der Waals surface area contributed by atoms with Gasteiger partial charge in [-0.3, -0.25) is 0 Å². The van der Waals surface area contributed by atoms with E-state index in [0.717, 1.165) is 5.56 Å². The minimum atomic E-state index is -0.0672. The van der Waals surface area contributed by atoms with Crippen molar-refractivity contribution in [2.24, 2.45) is 5.73 Å². The maximum Gasteiger partial charge on any atom is 0.143 e. The monoisotopic (exact) mass is 213 g/mol. The average molecular weight is 214 g/mol. The first-order valence-electron chi connectivity index (χ1n) is 4.73. The van der Waals surface area contributed by atoms with Crippen molar-refractivity contribution in [3.63, 3.8) is 0 Å². The molecular weight excluding hydrogens is 198 g/mol. The first-order chi connectivity index (χ1) is 6.52. The normalized spacial score (nSPS) is 13.0. The highest BCUT2D eigenvalue weighted by molar-refractivity contribution is 6.32. The summed E-state index contributed by atoms with van der Waals surface area (Å²) in [5, 5.41) is 0.619. The lowest BCUT2D eigenvalue weighted by Crippen LogP contribution is -2.12. The van der Waals surface area contributed by atoms with Crippen LogP contribution in [0.3, 0.4) is 0 Å². The first-order valence-corrected chi connectivity index (χ1v) is 5.10. The Hall–Kier alpha value is -0.730. The Kier molecular flexibility index (Phi) is 3.78. The van der Waals surface area contributed by atoms with Crippen LogP contribution in [0.2, 0.25) is 5.02 Å². The summed E-state index contributed by atoms with van der Waals surface area (Å²) in [5.41, 5.74) is 6.77. The van der Waals surface area contributed by atoms with Crippen molar-refractivity contribution in [2.45, 2.75) is 32.9 Å². The van der Waals surface area contributed by atoms with E-state index >= 15 is 0 Å². The number of rotatable bonds is 3. The Morgan fingerprint density at radius 3 is 2.43 bits per heavy atom. The molecule has 1 aromatic carbocycles. The van der Waals surface area contributed by atoms with Crippen LogP contribution in [0.1, 0.15) is 32.4 Å². The van der Waals surface area contributed by atoms with Gasteiger partial charge >= 0.3 is 0 Å². The average Bonchev–Trinajstić information content (AvgIpc) is 2.07. The molecule has 0 fully saturated rings. The summed E-state index contributed by atoms with van der Waals surface area (Å²) in [5.74, 6) is 0.708. The van der Waals surface area contributed by atoms with Crippen LogP contribution in [0, 0.1) is 0 Å². The van der Waals surface area contributed by atoms with Crippen molar-refractivity contribution < 1.29 is 4.74 Å². The van der Waals surface area contributed by atoms with Gasteiger partial charge in [0.1, 0.15) is 5.75 Å². The predicted molar refractivity (Wildman–Crippen MR) is 59.8 cm³/mol. The van der Waals surface area contributed by atoms with Gasteiger partial charge in [-0.25, -0.2) is 0 Å². The van der Waals surface area contributed by atoms with Crippen LogP contribution in [0.15, 0.2) is 18.2 Å². The van der Waals surface area contributed by atoms with Gasteiger partial charge in [0.05, 0.1) is 11.1 Å². The number of nitrogens with two attached hydrogens (primary N) is 1. The highest BCUT2D eigenvalue weighted by atomic mass is 35.5. The summed E-state index contributed by atoms with van der Waals surface area (Å²) in [7, 11) is 0. The van der Waals surface area contributed by atoms with E-state index in [1.807, 2.05) is 39.0 Å². The molecule has 0 radical (unpaired) electrons. The van der Waals surface area contributed by atoms with Crippen molar-refractivity contribution >= 4 is 11.6 Å². The molecule has 0 saturated carbocycles. The second-order valence-electron chi connectivity index (χ2n) is 3.61. The maximum atomic E-state index is 6.04. The van der Waals surface area contributed by atoms with E-state index in [4.69, 9.17) is 22.1 Å². The fraction of sp³-hybridized carbons (Fsp3) is 0.455. The Morgan fingerprint density at radius 1 is 1.29 bits per heavy atom. The van der Waals surface area contributed by atoms with Gasteiger partial charge in [0.15, 0.2) is 0 Å². The molecule has 3 heteroatoms. The van der Waals surface area contributed by atoms with E-state index in [9.17, 15) is 0 Å². The van der Waals surface area contributed by atoms with Gasteiger partial charge in [-0.2, -0.15) is 0 Å². The van der Waals surface area contributed by atoms with Gasteiger partial charge in [-0.1, -0.05) is 23.7 Å². The van der Waals surface area contributed by atoms with Crippen molar-refractivity contribution in [3.05, 3.63) is 28.8 Å². The van der Waals surface area contributed by atoms with Crippen LogP contribution in [0.25, 0.3) is 0 Å². The lowest BCUT2D eigenvalue weighted by Gasteiger charge is -2.17. The van der Waals surface area contributed by atoms with Gasteiger partial charge in [0.2, 0.25) is 0 Å². The largest absolute Gasteiger partial charge is 0.489 e. The molecule has 0 aliphatic rings. The number of hydrogen-bond acceptors (Lipinski definition) is 2. The van der Waals surface area contributed by atoms with Crippen LogP contribution in [-0.4, -0.2) is 6.10 Å². The molecule has 2 nitrogen and oxygen atoms in total. The highest BCUT2D eigenvalue weighted by Crippen LogP contribution is 2.32. The summed E-state index contributed by atoms with van der Waals surface area (Å²) < 4.78 is 5.63. The molecule has 0 bridgehead atoms. The Morgan fingerprint density at radius 2 is 1.93 bits per heavy atom. The van der Waals surface area contributed by atoms with Crippen molar-refractivity contribution in [1.29, 1.82) is 0 Å². The van der Waals surface area contributed by atoms with E-state index in [1.54, 1.807) is 0 Å². The number of ether oxygens (including phenoxy) is 1. The predicted octanol–water partition coefficient (Wildman–Crippen LogP) is 3.15. The third-order valence-electron chi connectivity index (χ3n) is 1.84. The molecule has 0 heterocycles. The second-order valence-corrected chi connectivity index (χ2v) is 4.02. The Bertz CT molecular complexity index is 310. The van der Waals surface area contributed by atoms with E-state index in [1.165, 1.54) is 0 Å². The molecule has 0 aromatic heterocycles. The summed E-state index contributed by atoms with van der Waals surface area (Å²) in [4.78, 5) is 0. The molecule has 0 saturated heterocycles. The fourth-order valence-corrected chi connectivity index (χ4v) is 1.47. The quantitative estimate of drug-likeness (QED) is 0.837. The molecule has 2 N–H and O–H groups in total. The number of halogens is 1. The number of benzene rings is 1. The lowest BCUT2D eigenvalue weighted by molar-refractivity contribution is 0.239. The fourth-order valence-electron chi connectivity index (χ4n) is 1.24. The van der Waals surface area contributed by atoms with Gasteiger partial charge in [-0.15, -0.1) is 0 Å². The zero-order valence-electron chi connectivity index (χ0n) is 8.75. The van der Waals surface area contributed by atoms with Gasteiger partial charge in [0, 0.05) is 11.6 Å². The van der Waals surface area contributed by atoms with Crippen molar-refractivity contribution in [2.75, 3.05) is 0 Å². The third-order valence-corrected chi connectivity index (χ3v) is 2.14. The van der Waals surface area contributed by atoms with E-state index in [2.05, 4.69) is 0 Å². The zero-order chi connectivity index (χ0) is 10.7. The van der Waals surface area contributed by atoms with Crippen LogP contribution in [0.4, 0.5) is 0 Å². The third kappa shape index (κ3) is 2.63. The van der Waals surface area contributed by atoms with Gasteiger partial charge in [0.25, 0.3) is 0 Å². The molecule has 0 aliphatic heterocycles. The van der Waals surface area contributed by atoms with Crippen LogP contribution in [-0.2, 0) is 0 Å². The minimum Gasteiger partial charge on any atom is -0.489 e. The Balaban J connectivity index is 3.09. The minimum absolute atomic E-state index is 0.0672. The molecule has 1 aromatic rings. The number of para-hydroxylation sites is 1. The topological polar surface area (TPSA) is 35.2 Å². The summed E-state index contributed by atoms with van der Waals surface area (Å²) >= 11 is 6.04. The molecular formula is C11H16ClNO. The molecule has 1 rings (SSSR count). The van der Waals surface area contributed by atoms with Gasteiger partial charge < -0.3 is 10.5 Å². The standard InChI is InChI=1S/C11H16ClNO/c1-7(2)14-11-9(8(3)13)5-4-6-10(11)12/h4-8H,13H2,1-3H3. The second kappa shape index (κ2) is 4.67. The van der Waals surface area contributed by atoms with E-state index < -0.39 is 0 Å². The molecule has 1 atom stereocenters. The first kappa shape index (κ1) is 11.3. The SMILES string of the molecule is CC(C)Oc1c(Cl)cccc1C(C)N. The van der Waals surface area contributed by atoms with E-state index in [-0.39, 0.29) is 12.1 Å². The molecule has 0 spiro atoms. The van der Waals surface area contributed by atoms with Crippen LogP contribution in [0.5, 0.6) is 5.75 Å². The molecule has 14 heavy (non-hydrogen) atoms. The lowest BCUT2D eigenvalue weighted by atomic mass is 10.1. The van der Waals surface area contributed by atoms with E-state index in [0.29, 0.717) is 10.8 Å². The zero-order valence-corrected chi connectivity index (χ0v) is 9.51. The molecule has 78 valence electrons. The molecule has 0 aliphatic carbocycles. The van der Waals surface area contributed by atoms with Crippen LogP contribution >= 0.6 is 11.6 Å². The summed E-state index contributed by atoms with van der Waals surface area (Å²) in [6, 6.07) is 5.57. The smallest absolute Gasteiger partial charge is 0.143 e. The summed E-state index contributed by atoms with van der Waals surface area (Å²) in [6.45, 7) is 5.85. The van der Waals surface area contributed by atoms with Crippen molar-refractivity contribution in [3.8, 4) is 5.75 Å². The number of hydrogen-bond donors (Lipinski definition) is 1. The van der Waals surface area contributed by atoms with Crippen LogP contribution < -0.4 is 10.5 Å². The highest BCUT2D eigenvalue weighted by Gasteiger charge is 2.12. The van der Waals surface area contributed by atoms with Gasteiger partial charge in [-0.05, 0) is 26.8 Å². The summed E-state index contributed by atoms with van der Waals surface area (Å²) in [6.07, 6.45) is 0.104.